The fourth-order valence-corrected chi connectivity index (χ4v) is 1.53. The molecule has 0 unspecified atom stereocenters. The molecule has 2 rings (SSSR count). The minimum absolute atomic E-state index is 0.00644. The molecule has 0 saturated heterocycles. The highest BCUT2D eigenvalue weighted by Crippen LogP contribution is 2.26. The zero-order valence-electron chi connectivity index (χ0n) is 9.75. The summed E-state index contributed by atoms with van der Waals surface area (Å²) in [5.74, 6) is -0.672. The molecule has 0 fully saturated rings. The zero-order valence-corrected chi connectivity index (χ0v) is 9.75. The summed E-state index contributed by atoms with van der Waals surface area (Å²) in [7, 11) is 0. The van der Waals surface area contributed by atoms with Crippen LogP contribution < -0.4 is 4.74 Å². The van der Waals surface area contributed by atoms with E-state index in [1.807, 2.05) is 0 Å². The molecule has 5 nitrogen and oxygen atoms in total. The summed E-state index contributed by atoms with van der Waals surface area (Å²) in [5.41, 5.74) is -0.141. The summed E-state index contributed by atoms with van der Waals surface area (Å²) >= 11 is 0. The molecular formula is C13H10FNO4. The molecule has 0 radical (unpaired) electrons. The van der Waals surface area contributed by atoms with Gasteiger partial charge in [-0.05, 0) is 29.8 Å². The van der Waals surface area contributed by atoms with Crippen molar-refractivity contribution in [2.75, 3.05) is 0 Å². The van der Waals surface area contributed by atoms with Crippen LogP contribution in [0, 0.1) is 15.9 Å². The topological polar surface area (TPSA) is 72.6 Å². The first-order valence-electron chi connectivity index (χ1n) is 5.41. The molecule has 0 aliphatic rings. The molecule has 2 aromatic rings. The van der Waals surface area contributed by atoms with Gasteiger partial charge >= 0.3 is 5.69 Å². The third kappa shape index (κ3) is 2.98. The zero-order chi connectivity index (χ0) is 13.8. The molecule has 0 saturated carbocycles. The van der Waals surface area contributed by atoms with Crippen molar-refractivity contribution in [2.45, 2.75) is 6.61 Å². The van der Waals surface area contributed by atoms with Crippen LogP contribution in [0.5, 0.6) is 11.5 Å². The van der Waals surface area contributed by atoms with Crippen molar-refractivity contribution in [1.82, 2.24) is 0 Å². The standard InChI is InChI=1S/C13H10FNO4/c14-10-7-9(5-6-11(10)15(17)18)8-19-13-4-2-1-3-12(13)16/h1-7,16H,8H2. The minimum atomic E-state index is -0.914. The first-order chi connectivity index (χ1) is 9.08. The number of nitro benzene ring substituents is 1. The number of halogens is 1. The number of nitrogens with zero attached hydrogens (tertiary/aromatic N) is 1. The summed E-state index contributed by atoms with van der Waals surface area (Å²) in [6, 6.07) is 9.89. The highest BCUT2D eigenvalue weighted by molar-refractivity contribution is 5.39. The van der Waals surface area contributed by atoms with Gasteiger partial charge in [0.05, 0.1) is 4.92 Å². The summed E-state index contributed by atoms with van der Waals surface area (Å²) in [6.07, 6.45) is 0. The van der Waals surface area contributed by atoms with Gasteiger partial charge in [-0.15, -0.1) is 0 Å². The van der Waals surface area contributed by atoms with E-state index in [0.717, 1.165) is 12.1 Å². The van der Waals surface area contributed by atoms with Crippen molar-refractivity contribution in [2.24, 2.45) is 0 Å². The third-order valence-corrected chi connectivity index (χ3v) is 2.47. The number of ether oxygens (including phenoxy) is 1. The molecular weight excluding hydrogens is 253 g/mol. The minimum Gasteiger partial charge on any atom is -0.504 e. The number of hydrogen-bond donors (Lipinski definition) is 1. The Hall–Kier alpha value is -2.63. The van der Waals surface area contributed by atoms with Crippen LogP contribution in [0.4, 0.5) is 10.1 Å². The molecule has 0 aliphatic carbocycles. The second-order valence-electron chi connectivity index (χ2n) is 3.80. The van der Waals surface area contributed by atoms with Crippen molar-refractivity contribution >= 4 is 5.69 Å². The number of para-hydroxylation sites is 2. The van der Waals surface area contributed by atoms with Gasteiger partial charge in [0.15, 0.2) is 11.5 Å². The molecule has 1 N–H and O–H groups in total. The van der Waals surface area contributed by atoms with Crippen molar-refractivity contribution < 1.29 is 19.2 Å². The Labute approximate surface area is 108 Å². The van der Waals surface area contributed by atoms with Gasteiger partial charge in [0, 0.05) is 6.07 Å². The summed E-state index contributed by atoms with van der Waals surface area (Å²) in [6.45, 7) is 0.00644. The summed E-state index contributed by atoms with van der Waals surface area (Å²) in [4.78, 5) is 9.67. The van der Waals surface area contributed by atoms with Crippen molar-refractivity contribution in [3.8, 4) is 11.5 Å². The maximum atomic E-state index is 13.4. The van der Waals surface area contributed by atoms with Crippen LogP contribution in [0.15, 0.2) is 42.5 Å². The number of aromatic hydroxyl groups is 1. The quantitative estimate of drug-likeness (QED) is 0.679. The van der Waals surface area contributed by atoms with Gasteiger partial charge in [-0.1, -0.05) is 12.1 Å². The van der Waals surface area contributed by atoms with E-state index in [2.05, 4.69) is 0 Å². The Bertz CT molecular complexity index is 615. The van der Waals surface area contributed by atoms with Crippen molar-refractivity contribution in [3.63, 3.8) is 0 Å². The van der Waals surface area contributed by atoms with Gasteiger partial charge in [-0.2, -0.15) is 4.39 Å². The van der Waals surface area contributed by atoms with Crippen LogP contribution in [-0.4, -0.2) is 10.0 Å². The lowest BCUT2D eigenvalue weighted by Crippen LogP contribution is -1.98. The molecule has 0 bridgehead atoms. The van der Waals surface area contributed by atoms with E-state index in [1.165, 1.54) is 12.1 Å². The molecule has 2 aromatic carbocycles. The maximum Gasteiger partial charge on any atom is 0.304 e. The second kappa shape index (κ2) is 5.34. The predicted molar refractivity (Wildman–Crippen MR) is 65.5 cm³/mol. The fraction of sp³-hybridized carbons (Fsp3) is 0.0769. The smallest absolute Gasteiger partial charge is 0.304 e. The number of rotatable bonds is 4. The van der Waals surface area contributed by atoms with E-state index in [1.54, 1.807) is 18.2 Å². The van der Waals surface area contributed by atoms with Crippen LogP contribution in [0.3, 0.4) is 0 Å². The molecule has 19 heavy (non-hydrogen) atoms. The average molecular weight is 263 g/mol. The Balaban J connectivity index is 2.11. The van der Waals surface area contributed by atoms with Crippen LogP contribution in [0.25, 0.3) is 0 Å². The molecule has 0 aromatic heterocycles. The van der Waals surface area contributed by atoms with Crippen LogP contribution >= 0.6 is 0 Å². The lowest BCUT2D eigenvalue weighted by atomic mass is 10.2. The number of phenolic OH excluding ortho intramolecular Hbond substituents is 1. The molecule has 0 atom stereocenters. The van der Waals surface area contributed by atoms with E-state index < -0.39 is 16.4 Å². The average Bonchev–Trinajstić information content (AvgIpc) is 2.37. The largest absolute Gasteiger partial charge is 0.504 e. The van der Waals surface area contributed by atoms with Gasteiger partial charge in [0.2, 0.25) is 5.82 Å². The predicted octanol–water partition coefficient (Wildman–Crippen LogP) is 3.02. The Morgan fingerprint density at radius 2 is 2.00 bits per heavy atom. The number of phenols is 1. The SMILES string of the molecule is O=[N+]([O-])c1ccc(COc2ccccc2O)cc1F. The molecule has 0 heterocycles. The van der Waals surface area contributed by atoms with Crippen LogP contribution in [0.2, 0.25) is 0 Å². The third-order valence-electron chi connectivity index (χ3n) is 2.47. The highest BCUT2D eigenvalue weighted by atomic mass is 19.1. The van der Waals surface area contributed by atoms with Gasteiger partial charge in [0.25, 0.3) is 0 Å². The van der Waals surface area contributed by atoms with Crippen LogP contribution in [-0.2, 0) is 6.61 Å². The van der Waals surface area contributed by atoms with E-state index >= 15 is 0 Å². The monoisotopic (exact) mass is 263 g/mol. The molecule has 98 valence electrons. The fourth-order valence-electron chi connectivity index (χ4n) is 1.53. The van der Waals surface area contributed by atoms with E-state index in [-0.39, 0.29) is 18.1 Å². The van der Waals surface area contributed by atoms with Gasteiger partial charge in [-0.3, -0.25) is 10.1 Å². The lowest BCUT2D eigenvalue weighted by Gasteiger charge is -2.07. The molecule has 6 heteroatoms. The Morgan fingerprint density at radius 1 is 1.26 bits per heavy atom. The van der Waals surface area contributed by atoms with E-state index in [9.17, 15) is 19.6 Å². The number of benzene rings is 2. The summed E-state index contributed by atoms with van der Waals surface area (Å²) in [5, 5.41) is 19.9. The molecule has 0 amide bonds. The maximum absolute atomic E-state index is 13.4. The first-order valence-corrected chi connectivity index (χ1v) is 5.41. The molecule has 0 aliphatic heterocycles. The Morgan fingerprint density at radius 3 is 2.63 bits per heavy atom. The van der Waals surface area contributed by atoms with E-state index in [4.69, 9.17) is 4.74 Å². The van der Waals surface area contributed by atoms with Crippen molar-refractivity contribution in [3.05, 3.63) is 64.0 Å². The normalized spacial score (nSPS) is 10.2. The van der Waals surface area contributed by atoms with E-state index in [0.29, 0.717) is 5.56 Å². The first kappa shape index (κ1) is 12.8. The van der Waals surface area contributed by atoms with Crippen molar-refractivity contribution in [1.29, 1.82) is 0 Å². The van der Waals surface area contributed by atoms with Gasteiger partial charge in [0.1, 0.15) is 6.61 Å². The Kier molecular flexibility index (Phi) is 3.61. The molecule has 0 spiro atoms. The van der Waals surface area contributed by atoms with Gasteiger partial charge in [-0.25, -0.2) is 0 Å². The summed E-state index contributed by atoms with van der Waals surface area (Å²) < 4.78 is 18.7. The van der Waals surface area contributed by atoms with Gasteiger partial charge < -0.3 is 9.84 Å². The number of hydrogen-bond acceptors (Lipinski definition) is 4. The second-order valence-corrected chi connectivity index (χ2v) is 3.80. The lowest BCUT2D eigenvalue weighted by molar-refractivity contribution is -0.387. The number of nitro groups is 1. The van der Waals surface area contributed by atoms with Crippen LogP contribution in [0.1, 0.15) is 5.56 Å². The highest BCUT2D eigenvalue weighted by Gasteiger charge is 2.14.